The molecule has 1 atom stereocenters. The van der Waals surface area contributed by atoms with E-state index in [9.17, 15) is 9.59 Å². The highest BCUT2D eigenvalue weighted by Gasteiger charge is 2.33. The van der Waals surface area contributed by atoms with Gasteiger partial charge in [0, 0.05) is 10.0 Å². The summed E-state index contributed by atoms with van der Waals surface area (Å²) in [6.45, 7) is 9.78. The Labute approximate surface area is 229 Å². The highest BCUT2D eigenvalue weighted by molar-refractivity contribution is 9.11. The van der Waals surface area contributed by atoms with Crippen LogP contribution in [-0.2, 0) is 9.53 Å². The zero-order valence-corrected chi connectivity index (χ0v) is 24.0. The molecule has 1 aliphatic heterocycles. The van der Waals surface area contributed by atoms with E-state index in [4.69, 9.17) is 9.47 Å². The van der Waals surface area contributed by atoms with Gasteiger partial charge >= 0.3 is 5.97 Å². The van der Waals surface area contributed by atoms with Gasteiger partial charge in [-0.3, -0.25) is 9.36 Å². The molecule has 3 aromatic rings. The molecule has 9 heteroatoms. The van der Waals surface area contributed by atoms with Crippen molar-refractivity contribution < 1.29 is 14.3 Å². The van der Waals surface area contributed by atoms with Crippen molar-refractivity contribution in [2.45, 2.75) is 26.8 Å². The van der Waals surface area contributed by atoms with Crippen LogP contribution in [0.25, 0.3) is 6.08 Å². The van der Waals surface area contributed by atoms with Gasteiger partial charge in [-0.05, 0) is 60.5 Å². The smallest absolute Gasteiger partial charge is 0.338 e. The molecule has 2 heterocycles. The number of nitrogens with zero attached hydrogens (tertiary/aromatic N) is 2. The van der Waals surface area contributed by atoms with Gasteiger partial charge < -0.3 is 9.47 Å². The summed E-state index contributed by atoms with van der Waals surface area (Å²) in [5.41, 5.74) is 3.26. The Bertz CT molecular complexity index is 1550. The first-order valence-corrected chi connectivity index (χ1v) is 13.6. The number of aryl methyl sites for hydroxylation is 1. The molecule has 0 radical (unpaired) electrons. The van der Waals surface area contributed by atoms with E-state index >= 15 is 0 Å². The summed E-state index contributed by atoms with van der Waals surface area (Å²) < 4.78 is 14.8. The van der Waals surface area contributed by atoms with Gasteiger partial charge in [-0.15, -0.1) is 0 Å². The monoisotopic (exact) mass is 630 g/mol. The maximum Gasteiger partial charge on any atom is 0.338 e. The number of carbonyl (C=O) groups is 1. The Hall–Kier alpha value is -2.75. The van der Waals surface area contributed by atoms with Crippen LogP contribution in [0, 0.1) is 6.92 Å². The number of aromatic nitrogens is 1. The lowest BCUT2D eigenvalue weighted by Gasteiger charge is -2.24. The molecule has 1 aromatic heterocycles. The van der Waals surface area contributed by atoms with E-state index in [0.717, 1.165) is 25.6 Å². The fourth-order valence-electron chi connectivity index (χ4n) is 3.98. The molecule has 0 saturated heterocycles. The number of thiazole rings is 1. The van der Waals surface area contributed by atoms with E-state index in [2.05, 4.69) is 43.4 Å². The lowest BCUT2D eigenvalue weighted by Crippen LogP contribution is -2.39. The minimum atomic E-state index is -0.645. The van der Waals surface area contributed by atoms with Gasteiger partial charge in [0.25, 0.3) is 5.56 Å². The molecule has 0 saturated carbocycles. The molecule has 0 N–H and O–H groups in total. The van der Waals surface area contributed by atoms with Crippen LogP contribution >= 0.6 is 43.2 Å². The maximum atomic E-state index is 13.8. The Kier molecular flexibility index (Phi) is 8.12. The first-order valence-electron chi connectivity index (χ1n) is 11.2. The summed E-state index contributed by atoms with van der Waals surface area (Å²) in [6, 6.07) is 10.9. The summed E-state index contributed by atoms with van der Waals surface area (Å²) in [7, 11) is 0. The van der Waals surface area contributed by atoms with Crippen LogP contribution in [0.1, 0.15) is 36.6 Å². The molecule has 186 valence electrons. The largest absolute Gasteiger partial charge is 0.488 e. The van der Waals surface area contributed by atoms with Crippen molar-refractivity contribution in [2.75, 3.05) is 13.2 Å². The number of carbonyl (C=O) groups excluding carboxylic acids is 1. The van der Waals surface area contributed by atoms with Gasteiger partial charge in [-0.25, -0.2) is 9.79 Å². The topological polar surface area (TPSA) is 69.9 Å². The SMILES string of the molecule is C=CCOc1c(Br)cc(Br)cc1/C=c1\sc2n(c1=O)[C@H](c1ccc(C)cc1)C(C(=O)OCC)=C(C)N=2. The summed E-state index contributed by atoms with van der Waals surface area (Å²) in [5, 5.41) is 0. The van der Waals surface area contributed by atoms with Crippen LogP contribution in [0.4, 0.5) is 0 Å². The Morgan fingerprint density at radius 3 is 2.61 bits per heavy atom. The Morgan fingerprint density at radius 2 is 1.94 bits per heavy atom. The number of rotatable bonds is 7. The Balaban J connectivity index is 1.96. The number of allylic oxidation sites excluding steroid dienone is 1. The van der Waals surface area contributed by atoms with Gasteiger partial charge in [0.15, 0.2) is 4.80 Å². The van der Waals surface area contributed by atoms with Gasteiger partial charge in [-0.1, -0.05) is 69.8 Å². The van der Waals surface area contributed by atoms with Crippen molar-refractivity contribution in [3.63, 3.8) is 0 Å². The highest BCUT2D eigenvalue weighted by Crippen LogP contribution is 2.34. The number of hydrogen-bond donors (Lipinski definition) is 0. The Morgan fingerprint density at radius 1 is 1.22 bits per heavy atom. The molecule has 4 rings (SSSR count). The second-order valence-corrected chi connectivity index (χ2v) is 10.9. The molecule has 0 bridgehead atoms. The predicted octanol–water partition coefficient (Wildman–Crippen LogP) is 5.20. The highest BCUT2D eigenvalue weighted by atomic mass is 79.9. The van der Waals surface area contributed by atoms with Crippen LogP contribution in [0.5, 0.6) is 5.75 Å². The van der Waals surface area contributed by atoms with Crippen molar-refractivity contribution in [3.05, 3.63) is 106 Å². The lowest BCUT2D eigenvalue weighted by molar-refractivity contribution is -0.139. The van der Waals surface area contributed by atoms with E-state index in [1.165, 1.54) is 11.3 Å². The van der Waals surface area contributed by atoms with Crippen molar-refractivity contribution in [1.29, 1.82) is 0 Å². The second-order valence-electron chi connectivity index (χ2n) is 8.12. The van der Waals surface area contributed by atoms with Crippen LogP contribution in [0.2, 0.25) is 0 Å². The molecular weight excluding hydrogens is 608 g/mol. The minimum Gasteiger partial charge on any atom is -0.488 e. The van der Waals surface area contributed by atoms with Crippen LogP contribution in [-0.4, -0.2) is 23.8 Å². The van der Waals surface area contributed by atoms with Crippen LogP contribution in [0.15, 0.2) is 79.1 Å². The van der Waals surface area contributed by atoms with E-state index in [-0.39, 0.29) is 12.2 Å². The average Bonchev–Trinajstić information content (AvgIpc) is 3.12. The van der Waals surface area contributed by atoms with E-state index in [0.29, 0.717) is 33.0 Å². The standard InChI is InChI=1S/C27H24Br2N2O4S/c1-5-11-35-24-18(12-19(28)14-20(24)29)13-21-25(32)31-23(17-9-7-15(3)8-10-17)22(26(33)34-6-2)16(4)30-27(31)36-21/h5,7-10,12-14,23H,1,6,11H2,2-4H3/b21-13-/t23-/m1/s1. The molecule has 0 amide bonds. The average molecular weight is 632 g/mol. The molecule has 0 unspecified atom stereocenters. The zero-order valence-electron chi connectivity index (χ0n) is 20.0. The van der Waals surface area contributed by atoms with Gasteiger partial charge in [0.1, 0.15) is 12.4 Å². The minimum absolute atomic E-state index is 0.228. The van der Waals surface area contributed by atoms with E-state index in [1.807, 2.05) is 43.3 Å². The molecule has 6 nitrogen and oxygen atoms in total. The van der Waals surface area contributed by atoms with Crippen molar-refractivity contribution in [3.8, 4) is 5.75 Å². The molecule has 2 aromatic carbocycles. The third-order valence-electron chi connectivity index (χ3n) is 5.58. The first-order chi connectivity index (χ1) is 17.2. The number of esters is 1. The number of benzene rings is 2. The third-order valence-corrected chi connectivity index (χ3v) is 7.61. The first kappa shape index (κ1) is 26.3. The quantitative estimate of drug-likeness (QED) is 0.266. The molecule has 0 spiro atoms. The van der Waals surface area contributed by atoms with E-state index < -0.39 is 12.0 Å². The lowest BCUT2D eigenvalue weighted by atomic mass is 9.95. The number of hydrogen-bond acceptors (Lipinski definition) is 6. The van der Waals surface area contributed by atoms with Gasteiger partial charge in [0.05, 0.1) is 32.9 Å². The molecule has 1 aliphatic rings. The third kappa shape index (κ3) is 5.19. The molecule has 36 heavy (non-hydrogen) atoms. The molecule has 0 aliphatic carbocycles. The summed E-state index contributed by atoms with van der Waals surface area (Å²) in [6.07, 6.45) is 3.45. The van der Waals surface area contributed by atoms with Crippen molar-refractivity contribution >= 4 is 55.2 Å². The normalized spacial score (nSPS) is 15.4. The molecule has 0 fully saturated rings. The van der Waals surface area contributed by atoms with E-state index in [1.54, 1.807) is 30.6 Å². The zero-order chi connectivity index (χ0) is 26.0. The fourth-order valence-corrected chi connectivity index (χ4v) is 6.39. The predicted molar refractivity (Wildman–Crippen MR) is 149 cm³/mol. The maximum absolute atomic E-state index is 13.8. The van der Waals surface area contributed by atoms with Gasteiger partial charge in [-0.2, -0.15) is 0 Å². The van der Waals surface area contributed by atoms with Crippen LogP contribution in [0.3, 0.4) is 0 Å². The van der Waals surface area contributed by atoms with Gasteiger partial charge in [0.2, 0.25) is 0 Å². The second kappa shape index (κ2) is 11.1. The summed E-state index contributed by atoms with van der Waals surface area (Å²) in [5.74, 6) is 0.122. The van der Waals surface area contributed by atoms with Crippen LogP contribution < -0.4 is 19.6 Å². The number of fused-ring (bicyclic) bond motifs is 1. The summed E-state index contributed by atoms with van der Waals surface area (Å²) >= 11 is 8.33. The fraction of sp³-hybridized carbons (Fsp3) is 0.222. The number of halogens is 2. The summed E-state index contributed by atoms with van der Waals surface area (Å²) in [4.78, 5) is 32.0. The van der Waals surface area contributed by atoms with Crippen molar-refractivity contribution in [2.24, 2.45) is 4.99 Å². The number of ether oxygens (including phenoxy) is 2. The van der Waals surface area contributed by atoms with Crippen molar-refractivity contribution in [1.82, 2.24) is 4.57 Å². The molecular formula is C27H24Br2N2O4S.